The third-order valence-corrected chi connectivity index (χ3v) is 2.20. The summed E-state index contributed by atoms with van der Waals surface area (Å²) in [6.45, 7) is -0.0916. The predicted octanol–water partition coefficient (Wildman–Crippen LogP) is 0.259. The van der Waals surface area contributed by atoms with Crippen molar-refractivity contribution in [3.8, 4) is 5.69 Å². The number of benzene rings is 1. The van der Waals surface area contributed by atoms with Crippen molar-refractivity contribution in [2.24, 2.45) is 5.73 Å². The van der Waals surface area contributed by atoms with Crippen molar-refractivity contribution in [2.75, 3.05) is 6.61 Å². The van der Waals surface area contributed by atoms with E-state index in [9.17, 15) is 0 Å². The smallest absolute Gasteiger partial charge is 0.138 e. The maximum Gasteiger partial charge on any atom is 0.138 e. The molecule has 0 amide bonds. The molecule has 0 bridgehead atoms. The SMILES string of the molecule is NC(CO)c1ccccc1-n1cncn1. The van der Waals surface area contributed by atoms with E-state index in [0.717, 1.165) is 11.3 Å². The maximum absolute atomic E-state index is 9.04. The summed E-state index contributed by atoms with van der Waals surface area (Å²) in [5.74, 6) is 0. The van der Waals surface area contributed by atoms with Gasteiger partial charge in [-0.1, -0.05) is 18.2 Å². The van der Waals surface area contributed by atoms with Gasteiger partial charge in [-0.3, -0.25) is 0 Å². The molecule has 5 nitrogen and oxygen atoms in total. The van der Waals surface area contributed by atoms with Crippen LogP contribution in [0.3, 0.4) is 0 Å². The molecule has 1 aromatic heterocycles. The van der Waals surface area contributed by atoms with Crippen LogP contribution in [-0.2, 0) is 0 Å². The van der Waals surface area contributed by atoms with Gasteiger partial charge in [0.05, 0.1) is 18.3 Å². The zero-order valence-corrected chi connectivity index (χ0v) is 8.11. The van der Waals surface area contributed by atoms with E-state index >= 15 is 0 Å². The van der Waals surface area contributed by atoms with Gasteiger partial charge in [0.1, 0.15) is 12.7 Å². The molecule has 1 aromatic carbocycles. The van der Waals surface area contributed by atoms with Crippen LogP contribution in [0.1, 0.15) is 11.6 Å². The highest BCUT2D eigenvalue weighted by Crippen LogP contribution is 2.18. The third-order valence-electron chi connectivity index (χ3n) is 2.20. The maximum atomic E-state index is 9.04. The van der Waals surface area contributed by atoms with Crippen LogP contribution in [0.25, 0.3) is 5.69 Å². The fourth-order valence-electron chi connectivity index (χ4n) is 1.44. The summed E-state index contributed by atoms with van der Waals surface area (Å²) >= 11 is 0. The molecule has 0 saturated heterocycles. The van der Waals surface area contributed by atoms with E-state index < -0.39 is 6.04 Å². The van der Waals surface area contributed by atoms with Crippen LogP contribution < -0.4 is 5.73 Å². The summed E-state index contributed by atoms with van der Waals surface area (Å²) in [7, 11) is 0. The van der Waals surface area contributed by atoms with Crippen molar-refractivity contribution >= 4 is 0 Å². The molecule has 0 fully saturated rings. The van der Waals surface area contributed by atoms with Crippen LogP contribution >= 0.6 is 0 Å². The zero-order chi connectivity index (χ0) is 10.7. The minimum Gasteiger partial charge on any atom is -0.394 e. The Hall–Kier alpha value is -1.72. The second-order valence-electron chi connectivity index (χ2n) is 3.19. The zero-order valence-electron chi connectivity index (χ0n) is 8.11. The topological polar surface area (TPSA) is 77.0 Å². The highest BCUT2D eigenvalue weighted by Gasteiger charge is 2.10. The van der Waals surface area contributed by atoms with E-state index in [2.05, 4.69) is 10.1 Å². The number of hydrogen-bond acceptors (Lipinski definition) is 4. The van der Waals surface area contributed by atoms with Crippen LogP contribution in [0, 0.1) is 0 Å². The number of aliphatic hydroxyl groups excluding tert-OH is 1. The van der Waals surface area contributed by atoms with Gasteiger partial charge in [0.25, 0.3) is 0 Å². The minimum absolute atomic E-state index is 0.0916. The standard InChI is InChI=1S/C10H12N4O/c11-9(5-15)8-3-1-2-4-10(8)14-7-12-6-13-14/h1-4,6-7,9,15H,5,11H2. The second-order valence-corrected chi connectivity index (χ2v) is 3.19. The molecule has 2 rings (SSSR count). The van der Waals surface area contributed by atoms with E-state index in [1.165, 1.54) is 6.33 Å². The molecule has 0 aliphatic heterocycles. The van der Waals surface area contributed by atoms with E-state index in [0.29, 0.717) is 0 Å². The molecule has 0 aliphatic carbocycles. The number of hydrogen-bond donors (Lipinski definition) is 2. The quantitative estimate of drug-likeness (QED) is 0.751. The van der Waals surface area contributed by atoms with Crippen molar-refractivity contribution in [1.82, 2.24) is 14.8 Å². The lowest BCUT2D eigenvalue weighted by Gasteiger charge is -2.13. The first-order valence-corrected chi connectivity index (χ1v) is 4.63. The Morgan fingerprint density at radius 2 is 2.20 bits per heavy atom. The molecule has 0 radical (unpaired) electrons. The summed E-state index contributed by atoms with van der Waals surface area (Å²) in [4.78, 5) is 3.87. The highest BCUT2D eigenvalue weighted by molar-refractivity contribution is 5.41. The van der Waals surface area contributed by atoms with Crippen LogP contribution in [-0.4, -0.2) is 26.5 Å². The molecule has 1 unspecified atom stereocenters. The Morgan fingerprint density at radius 3 is 2.87 bits per heavy atom. The van der Waals surface area contributed by atoms with E-state index in [1.807, 2.05) is 24.3 Å². The van der Waals surface area contributed by atoms with Crippen molar-refractivity contribution in [3.05, 3.63) is 42.5 Å². The Balaban J connectivity index is 2.47. The molecule has 1 atom stereocenters. The van der Waals surface area contributed by atoms with Gasteiger partial charge in [-0.15, -0.1) is 0 Å². The Morgan fingerprint density at radius 1 is 1.40 bits per heavy atom. The van der Waals surface area contributed by atoms with Crippen LogP contribution in [0.2, 0.25) is 0 Å². The van der Waals surface area contributed by atoms with Gasteiger partial charge in [0, 0.05) is 0 Å². The fraction of sp³-hybridized carbons (Fsp3) is 0.200. The molecule has 2 aromatic rings. The summed E-state index contributed by atoms with van der Waals surface area (Å²) in [6.07, 6.45) is 3.06. The molecule has 15 heavy (non-hydrogen) atoms. The summed E-state index contributed by atoms with van der Waals surface area (Å²) < 4.78 is 1.63. The lowest BCUT2D eigenvalue weighted by Crippen LogP contribution is -2.17. The number of nitrogens with two attached hydrogens (primary N) is 1. The van der Waals surface area contributed by atoms with E-state index in [4.69, 9.17) is 10.8 Å². The molecule has 0 spiro atoms. The molecule has 78 valence electrons. The van der Waals surface area contributed by atoms with Gasteiger partial charge < -0.3 is 10.8 Å². The summed E-state index contributed by atoms with van der Waals surface area (Å²) in [6, 6.07) is 7.14. The van der Waals surface area contributed by atoms with Crippen LogP contribution in [0.4, 0.5) is 0 Å². The second kappa shape index (κ2) is 4.20. The molecular weight excluding hydrogens is 192 g/mol. The average Bonchev–Trinajstić information content (AvgIpc) is 2.81. The first-order valence-electron chi connectivity index (χ1n) is 4.63. The Bertz CT molecular complexity index is 427. The highest BCUT2D eigenvalue weighted by atomic mass is 16.3. The van der Waals surface area contributed by atoms with Gasteiger partial charge in [0.15, 0.2) is 0 Å². The third kappa shape index (κ3) is 1.88. The van der Waals surface area contributed by atoms with Gasteiger partial charge in [-0.25, -0.2) is 9.67 Å². The number of nitrogens with zero attached hydrogens (tertiary/aromatic N) is 3. The molecule has 0 aliphatic rings. The lowest BCUT2D eigenvalue weighted by molar-refractivity contribution is 0.268. The predicted molar refractivity (Wildman–Crippen MR) is 55.4 cm³/mol. The average molecular weight is 204 g/mol. The van der Waals surface area contributed by atoms with Crippen molar-refractivity contribution in [2.45, 2.75) is 6.04 Å². The molecule has 5 heteroatoms. The Kier molecular flexibility index (Phi) is 2.75. The van der Waals surface area contributed by atoms with Gasteiger partial charge in [-0.05, 0) is 11.6 Å². The number of para-hydroxylation sites is 1. The first-order chi connectivity index (χ1) is 7.33. The first kappa shape index (κ1) is 9.82. The van der Waals surface area contributed by atoms with Crippen molar-refractivity contribution < 1.29 is 5.11 Å². The molecule has 1 heterocycles. The van der Waals surface area contributed by atoms with E-state index in [-0.39, 0.29) is 6.61 Å². The van der Waals surface area contributed by atoms with E-state index in [1.54, 1.807) is 11.0 Å². The molecular formula is C10H12N4O. The normalized spacial score (nSPS) is 12.7. The fourth-order valence-corrected chi connectivity index (χ4v) is 1.44. The molecule has 3 N–H and O–H groups in total. The van der Waals surface area contributed by atoms with Crippen LogP contribution in [0.5, 0.6) is 0 Å². The largest absolute Gasteiger partial charge is 0.394 e. The number of rotatable bonds is 3. The molecule has 0 saturated carbocycles. The monoisotopic (exact) mass is 204 g/mol. The van der Waals surface area contributed by atoms with Crippen molar-refractivity contribution in [3.63, 3.8) is 0 Å². The number of aliphatic hydroxyl groups is 1. The minimum atomic E-state index is -0.398. The summed E-state index contributed by atoms with van der Waals surface area (Å²) in [5, 5.41) is 13.1. The summed E-state index contributed by atoms with van der Waals surface area (Å²) in [5.41, 5.74) is 7.49. The van der Waals surface area contributed by atoms with Gasteiger partial charge in [-0.2, -0.15) is 5.10 Å². The van der Waals surface area contributed by atoms with Crippen molar-refractivity contribution in [1.29, 1.82) is 0 Å². The lowest BCUT2D eigenvalue weighted by atomic mass is 10.1. The Labute approximate surface area is 87.2 Å². The van der Waals surface area contributed by atoms with Crippen LogP contribution in [0.15, 0.2) is 36.9 Å². The van der Waals surface area contributed by atoms with Gasteiger partial charge >= 0.3 is 0 Å². The van der Waals surface area contributed by atoms with Gasteiger partial charge in [0.2, 0.25) is 0 Å². The number of aromatic nitrogens is 3.